The molecule has 6 nitrogen and oxygen atoms in total. The molecule has 0 heterocycles. The third-order valence-electron chi connectivity index (χ3n) is 2.67. The van der Waals surface area contributed by atoms with Crippen molar-refractivity contribution in [3.05, 3.63) is 62.1 Å². The van der Waals surface area contributed by atoms with E-state index < -0.39 is 10.9 Å². The number of nitro groups is 1. The minimum atomic E-state index is -1.30. The van der Waals surface area contributed by atoms with Crippen LogP contribution < -0.4 is 5.32 Å². The molecule has 8 heteroatoms. The highest BCUT2D eigenvalue weighted by Crippen LogP contribution is 2.34. The van der Waals surface area contributed by atoms with Gasteiger partial charge >= 0.3 is 5.97 Å². The molecule has 2 N–H and O–H groups in total. The van der Waals surface area contributed by atoms with Gasteiger partial charge in [-0.2, -0.15) is 0 Å². The molecule has 0 amide bonds. The van der Waals surface area contributed by atoms with Crippen molar-refractivity contribution in [1.82, 2.24) is 0 Å². The minimum Gasteiger partial charge on any atom is -0.478 e. The van der Waals surface area contributed by atoms with Crippen LogP contribution in [0.3, 0.4) is 0 Å². The Hall–Kier alpha value is -2.31. The van der Waals surface area contributed by atoms with E-state index in [1.165, 1.54) is 12.1 Å². The summed E-state index contributed by atoms with van der Waals surface area (Å²) in [6, 6.07) is 8.27. The molecule has 108 valence electrons. The van der Waals surface area contributed by atoms with Crippen LogP contribution in [0.5, 0.6) is 0 Å². The number of aromatic carboxylic acids is 1. The van der Waals surface area contributed by atoms with Crippen molar-refractivity contribution >= 4 is 46.2 Å². The summed E-state index contributed by atoms with van der Waals surface area (Å²) in [4.78, 5) is 21.3. The number of nitro benzene ring substituents is 1. The van der Waals surface area contributed by atoms with E-state index in [0.29, 0.717) is 15.7 Å². The van der Waals surface area contributed by atoms with E-state index >= 15 is 0 Å². The zero-order valence-electron chi connectivity index (χ0n) is 10.3. The van der Waals surface area contributed by atoms with Crippen molar-refractivity contribution in [3.8, 4) is 0 Å². The van der Waals surface area contributed by atoms with Crippen LogP contribution in [-0.2, 0) is 0 Å². The number of hydrogen-bond acceptors (Lipinski definition) is 4. The summed E-state index contributed by atoms with van der Waals surface area (Å²) >= 11 is 12.0. The predicted octanol–water partition coefficient (Wildman–Crippen LogP) is 4.34. The maximum atomic E-state index is 11.2. The summed E-state index contributed by atoms with van der Waals surface area (Å²) in [6.07, 6.45) is 0. The first-order valence-electron chi connectivity index (χ1n) is 5.63. The molecule has 0 fully saturated rings. The fraction of sp³-hybridized carbons (Fsp3) is 0. The van der Waals surface area contributed by atoms with Gasteiger partial charge in [0.05, 0.1) is 31.9 Å². The number of nitrogens with one attached hydrogen (secondary N) is 1. The van der Waals surface area contributed by atoms with Gasteiger partial charge in [0, 0.05) is 12.1 Å². The van der Waals surface area contributed by atoms with Crippen LogP contribution in [0.1, 0.15) is 10.4 Å². The topological polar surface area (TPSA) is 92.5 Å². The molecule has 0 radical (unpaired) electrons. The summed E-state index contributed by atoms with van der Waals surface area (Å²) in [5.41, 5.74) is -0.0799. The van der Waals surface area contributed by atoms with Gasteiger partial charge in [-0.1, -0.05) is 29.3 Å². The number of nitrogens with zero attached hydrogens (tertiary/aromatic N) is 1. The van der Waals surface area contributed by atoms with Crippen LogP contribution >= 0.6 is 23.2 Å². The molecule has 0 spiro atoms. The first-order chi connectivity index (χ1) is 9.90. The van der Waals surface area contributed by atoms with Crippen LogP contribution in [0.2, 0.25) is 10.0 Å². The SMILES string of the molecule is O=C(O)c1cc([N+](=O)[O-])ccc1Nc1c(Cl)cccc1Cl. The number of para-hydroxylation sites is 1. The first kappa shape index (κ1) is 15.1. The number of anilines is 2. The van der Waals surface area contributed by atoms with Crippen LogP contribution in [-0.4, -0.2) is 16.0 Å². The van der Waals surface area contributed by atoms with E-state index in [-0.39, 0.29) is 16.9 Å². The highest BCUT2D eigenvalue weighted by molar-refractivity contribution is 6.39. The lowest BCUT2D eigenvalue weighted by Crippen LogP contribution is -2.04. The number of halogens is 2. The smallest absolute Gasteiger partial charge is 0.338 e. The van der Waals surface area contributed by atoms with Crippen LogP contribution in [0.15, 0.2) is 36.4 Å². The van der Waals surface area contributed by atoms with Crippen molar-refractivity contribution in [3.63, 3.8) is 0 Å². The molecule has 0 aliphatic heterocycles. The fourth-order valence-electron chi connectivity index (χ4n) is 1.68. The fourth-order valence-corrected chi connectivity index (χ4v) is 2.18. The number of carboxylic acids is 1. The van der Waals surface area contributed by atoms with Gasteiger partial charge in [-0.05, 0) is 18.2 Å². The first-order valence-corrected chi connectivity index (χ1v) is 6.38. The summed E-state index contributed by atoms with van der Waals surface area (Å²) in [7, 11) is 0. The van der Waals surface area contributed by atoms with Crippen LogP contribution in [0.25, 0.3) is 0 Å². The van der Waals surface area contributed by atoms with E-state index in [2.05, 4.69) is 5.32 Å². The van der Waals surface area contributed by atoms with Crippen molar-refractivity contribution in [1.29, 1.82) is 0 Å². The lowest BCUT2D eigenvalue weighted by atomic mass is 10.1. The van der Waals surface area contributed by atoms with Crippen LogP contribution in [0.4, 0.5) is 17.1 Å². The number of rotatable bonds is 4. The van der Waals surface area contributed by atoms with Crippen molar-refractivity contribution in [2.75, 3.05) is 5.32 Å². The van der Waals surface area contributed by atoms with Crippen molar-refractivity contribution in [2.45, 2.75) is 0 Å². The lowest BCUT2D eigenvalue weighted by molar-refractivity contribution is -0.384. The molecule has 2 aromatic carbocycles. The van der Waals surface area contributed by atoms with Crippen LogP contribution in [0, 0.1) is 10.1 Å². The molecule has 0 aromatic heterocycles. The summed E-state index contributed by atoms with van der Waals surface area (Å²) in [6.45, 7) is 0. The quantitative estimate of drug-likeness (QED) is 0.643. The number of non-ortho nitro benzene ring substituents is 1. The van der Waals surface area contributed by atoms with Gasteiger partial charge in [-0.15, -0.1) is 0 Å². The van der Waals surface area contributed by atoms with Gasteiger partial charge in [-0.3, -0.25) is 10.1 Å². The van der Waals surface area contributed by atoms with Gasteiger partial charge < -0.3 is 10.4 Å². The molecule has 0 saturated carbocycles. The Labute approximate surface area is 129 Å². The van der Waals surface area contributed by atoms with Crippen molar-refractivity contribution in [2.24, 2.45) is 0 Å². The zero-order valence-corrected chi connectivity index (χ0v) is 11.9. The normalized spacial score (nSPS) is 10.2. The van der Waals surface area contributed by atoms with E-state index in [0.717, 1.165) is 6.07 Å². The Kier molecular flexibility index (Phi) is 4.30. The maximum Gasteiger partial charge on any atom is 0.338 e. The second-order valence-corrected chi connectivity index (χ2v) is 4.83. The number of benzene rings is 2. The Bertz CT molecular complexity index is 714. The summed E-state index contributed by atoms with van der Waals surface area (Å²) < 4.78 is 0. The average molecular weight is 327 g/mol. The van der Waals surface area contributed by atoms with Crippen molar-refractivity contribution < 1.29 is 14.8 Å². The molecular formula is C13H8Cl2N2O4. The summed E-state index contributed by atoms with van der Waals surface area (Å²) in [5.74, 6) is -1.30. The predicted molar refractivity (Wildman–Crippen MR) is 79.8 cm³/mol. The van der Waals surface area contributed by atoms with Gasteiger partial charge in [-0.25, -0.2) is 4.79 Å². The molecular weight excluding hydrogens is 319 g/mol. The molecule has 0 aliphatic rings. The Balaban J connectivity index is 2.49. The molecule has 21 heavy (non-hydrogen) atoms. The largest absolute Gasteiger partial charge is 0.478 e. The minimum absolute atomic E-state index is 0.156. The van der Waals surface area contributed by atoms with E-state index in [4.69, 9.17) is 28.3 Å². The third kappa shape index (κ3) is 3.24. The second-order valence-electron chi connectivity index (χ2n) is 4.01. The molecule has 0 unspecified atom stereocenters. The molecule has 2 aromatic rings. The second kappa shape index (κ2) is 5.99. The number of carboxylic acid groups (broad SMARTS) is 1. The average Bonchev–Trinajstić information content (AvgIpc) is 2.42. The molecule has 0 aliphatic carbocycles. The van der Waals surface area contributed by atoms with Gasteiger partial charge in [0.2, 0.25) is 0 Å². The van der Waals surface area contributed by atoms with E-state index in [1.54, 1.807) is 18.2 Å². The summed E-state index contributed by atoms with van der Waals surface area (Å²) in [5, 5.41) is 23.3. The molecule has 0 bridgehead atoms. The van der Waals surface area contributed by atoms with Gasteiger partial charge in [0.1, 0.15) is 0 Å². The Morgan fingerprint density at radius 3 is 2.33 bits per heavy atom. The zero-order chi connectivity index (χ0) is 15.6. The monoisotopic (exact) mass is 326 g/mol. The standard InChI is InChI=1S/C13H8Cl2N2O4/c14-9-2-1-3-10(15)12(9)16-11-5-4-7(17(20)21)6-8(11)13(18)19/h1-6,16H,(H,18,19). The van der Waals surface area contributed by atoms with E-state index in [1.807, 2.05) is 0 Å². The molecule has 0 atom stereocenters. The molecule has 2 rings (SSSR count). The van der Waals surface area contributed by atoms with E-state index in [9.17, 15) is 14.9 Å². The highest BCUT2D eigenvalue weighted by Gasteiger charge is 2.17. The lowest BCUT2D eigenvalue weighted by Gasteiger charge is -2.12. The number of carbonyl (C=O) groups is 1. The van der Waals surface area contributed by atoms with Gasteiger partial charge in [0.15, 0.2) is 0 Å². The third-order valence-corrected chi connectivity index (χ3v) is 3.30. The Morgan fingerprint density at radius 1 is 1.19 bits per heavy atom. The van der Waals surface area contributed by atoms with Gasteiger partial charge in [0.25, 0.3) is 5.69 Å². The number of hydrogen-bond donors (Lipinski definition) is 2. The maximum absolute atomic E-state index is 11.2. The molecule has 0 saturated heterocycles. The highest BCUT2D eigenvalue weighted by atomic mass is 35.5. The Morgan fingerprint density at radius 2 is 1.81 bits per heavy atom.